The minimum Gasteiger partial charge on any atom is -0.488 e. The van der Waals surface area contributed by atoms with Crippen molar-refractivity contribution in [2.45, 2.75) is 6.61 Å². The largest absolute Gasteiger partial charge is 0.488 e. The van der Waals surface area contributed by atoms with E-state index >= 15 is 0 Å². The molecule has 0 fully saturated rings. The van der Waals surface area contributed by atoms with Crippen LogP contribution in [0.5, 0.6) is 5.75 Å². The summed E-state index contributed by atoms with van der Waals surface area (Å²) < 4.78 is 5.79. The molecule has 0 radical (unpaired) electrons. The van der Waals surface area contributed by atoms with Gasteiger partial charge >= 0.3 is 0 Å². The SMILES string of the molecule is O=C(N/N=C\c1ccc(Cl)cc1Cl)c1ccccc1OCc1ccc(Cl)cc1. The lowest BCUT2D eigenvalue weighted by Crippen LogP contribution is -2.18. The molecule has 3 aromatic rings. The number of ether oxygens (including phenoxy) is 1. The Morgan fingerprint density at radius 2 is 1.68 bits per heavy atom. The van der Waals surface area contributed by atoms with Gasteiger partial charge in [-0.2, -0.15) is 5.10 Å². The standard InChI is InChI=1S/C21H15Cl3N2O2/c22-16-8-5-14(6-9-16)13-28-20-4-2-1-3-18(20)21(27)26-25-12-15-7-10-17(23)11-19(15)24/h1-12H,13H2,(H,26,27)/b25-12-. The highest BCUT2D eigenvalue weighted by atomic mass is 35.5. The monoisotopic (exact) mass is 432 g/mol. The third kappa shape index (κ3) is 5.49. The van der Waals surface area contributed by atoms with Gasteiger partial charge in [0.25, 0.3) is 5.91 Å². The molecule has 0 aliphatic heterocycles. The average molecular weight is 434 g/mol. The number of benzene rings is 3. The zero-order valence-corrected chi connectivity index (χ0v) is 16.8. The molecule has 28 heavy (non-hydrogen) atoms. The molecule has 0 heterocycles. The van der Waals surface area contributed by atoms with E-state index in [-0.39, 0.29) is 0 Å². The van der Waals surface area contributed by atoms with Crippen molar-refractivity contribution in [2.24, 2.45) is 5.10 Å². The number of nitrogens with one attached hydrogen (secondary N) is 1. The maximum atomic E-state index is 12.5. The number of carbonyl (C=O) groups is 1. The van der Waals surface area contributed by atoms with Gasteiger partial charge in [0.05, 0.1) is 16.8 Å². The second-order valence-corrected chi connectivity index (χ2v) is 7.06. The quantitative estimate of drug-likeness (QED) is 0.383. The summed E-state index contributed by atoms with van der Waals surface area (Å²) in [5.41, 5.74) is 4.43. The predicted molar refractivity (Wildman–Crippen MR) is 114 cm³/mol. The highest BCUT2D eigenvalue weighted by Gasteiger charge is 2.11. The Morgan fingerprint density at radius 1 is 0.964 bits per heavy atom. The lowest BCUT2D eigenvalue weighted by Gasteiger charge is -2.10. The van der Waals surface area contributed by atoms with Gasteiger partial charge in [-0.05, 0) is 42.0 Å². The van der Waals surface area contributed by atoms with Crippen LogP contribution in [0, 0.1) is 0 Å². The van der Waals surface area contributed by atoms with Gasteiger partial charge in [0.2, 0.25) is 0 Å². The second kappa shape index (κ2) is 9.60. The van der Waals surface area contributed by atoms with Gasteiger partial charge in [-0.15, -0.1) is 0 Å². The minimum absolute atomic E-state index is 0.311. The van der Waals surface area contributed by atoms with Crippen molar-refractivity contribution in [2.75, 3.05) is 0 Å². The maximum Gasteiger partial charge on any atom is 0.275 e. The van der Waals surface area contributed by atoms with Crippen molar-refractivity contribution >= 4 is 46.9 Å². The van der Waals surface area contributed by atoms with Crippen LogP contribution in [0.25, 0.3) is 0 Å². The molecular formula is C21H15Cl3N2O2. The third-order valence-corrected chi connectivity index (χ3v) is 4.59. The van der Waals surface area contributed by atoms with Crippen LogP contribution in [-0.4, -0.2) is 12.1 Å². The van der Waals surface area contributed by atoms with Crippen LogP contribution in [-0.2, 0) is 6.61 Å². The molecule has 0 bridgehead atoms. The normalized spacial score (nSPS) is 10.8. The van der Waals surface area contributed by atoms with E-state index in [1.165, 1.54) is 6.21 Å². The van der Waals surface area contributed by atoms with Crippen LogP contribution in [0.4, 0.5) is 0 Å². The first kappa shape index (κ1) is 20.2. The van der Waals surface area contributed by atoms with E-state index in [0.29, 0.717) is 38.6 Å². The first-order chi connectivity index (χ1) is 13.5. The summed E-state index contributed by atoms with van der Waals surface area (Å²) in [5, 5.41) is 5.58. The molecule has 3 rings (SSSR count). The van der Waals surface area contributed by atoms with E-state index < -0.39 is 5.91 Å². The molecule has 1 N–H and O–H groups in total. The van der Waals surface area contributed by atoms with Gasteiger partial charge in [0.1, 0.15) is 12.4 Å². The lowest BCUT2D eigenvalue weighted by molar-refractivity contribution is 0.0950. The van der Waals surface area contributed by atoms with Crippen LogP contribution in [0.3, 0.4) is 0 Å². The number of para-hydroxylation sites is 1. The Labute approximate surface area is 177 Å². The topological polar surface area (TPSA) is 50.7 Å². The fraction of sp³-hybridized carbons (Fsp3) is 0.0476. The fourth-order valence-corrected chi connectivity index (χ4v) is 2.93. The number of carbonyl (C=O) groups excluding carboxylic acids is 1. The molecule has 0 aromatic heterocycles. The summed E-state index contributed by atoms with van der Waals surface area (Å²) in [6.45, 7) is 0.311. The Bertz CT molecular complexity index is 1000. The lowest BCUT2D eigenvalue weighted by atomic mass is 10.2. The van der Waals surface area contributed by atoms with Gasteiger partial charge in [-0.25, -0.2) is 5.43 Å². The summed E-state index contributed by atoms with van der Waals surface area (Å²) in [6, 6.07) is 19.3. The van der Waals surface area contributed by atoms with E-state index in [0.717, 1.165) is 5.56 Å². The Morgan fingerprint density at radius 3 is 2.43 bits per heavy atom. The Hall–Kier alpha value is -2.53. The minimum atomic E-state index is -0.395. The molecule has 3 aromatic carbocycles. The first-order valence-corrected chi connectivity index (χ1v) is 9.41. The number of amides is 1. The summed E-state index contributed by atoms with van der Waals surface area (Å²) in [4.78, 5) is 12.5. The van der Waals surface area contributed by atoms with E-state index in [4.69, 9.17) is 39.5 Å². The molecule has 0 unspecified atom stereocenters. The van der Waals surface area contributed by atoms with Crippen molar-refractivity contribution in [3.63, 3.8) is 0 Å². The van der Waals surface area contributed by atoms with E-state index in [1.54, 1.807) is 54.6 Å². The molecule has 0 spiro atoms. The van der Waals surface area contributed by atoms with Crippen molar-refractivity contribution in [3.8, 4) is 5.75 Å². The number of hydrogen-bond acceptors (Lipinski definition) is 3. The van der Waals surface area contributed by atoms with Crippen molar-refractivity contribution in [1.29, 1.82) is 0 Å². The van der Waals surface area contributed by atoms with Crippen molar-refractivity contribution in [3.05, 3.63) is 98.5 Å². The number of halogens is 3. The Balaban J connectivity index is 1.66. The summed E-state index contributed by atoms with van der Waals surface area (Å²) in [6.07, 6.45) is 1.45. The number of nitrogens with zero attached hydrogens (tertiary/aromatic N) is 1. The van der Waals surface area contributed by atoms with Gasteiger partial charge in [0.15, 0.2) is 0 Å². The second-order valence-electron chi connectivity index (χ2n) is 5.78. The number of hydrogen-bond donors (Lipinski definition) is 1. The molecule has 0 saturated carbocycles. The van der Waals surface area contributed by atoms with Gasteiger partial charge in [-0.3, -0.25) is 4.79 Å². The third-order valence-electron chi connectivity index (χ3n) is 3.77. The van der Waals surface area contributed by atoms with Crippen LogP contribution < -0.4 is 10.2 Å². The maximum absolute atomic E-state index is 12.5. The zero-order chi connectivity index (χ0) is 19.9. The van der Waals surface area contributed by atoms with Gasteiger partial charge in [0, 0.05) is 15.6 Å². The highest BCUT2D eigenvalue weighted by Crippen LogP contribution is 2.21. The smallest absolute Gasteiger partial charge is 0.275 e. The summed E-state index contributed by atoms with van der Waals surface area (Å²) in [5.74, 6) is 0.0581. The average Bonchev–Trinajstić information content (AvgIpc) is 2.69. The number of hydrazone groups is 1. The van der Waals surface area contributed by atoms with Crippen LogP contribution in [0.15, 0.2) is 71.8 Å². The van der Waals surface area contributed by atoms with Crippen LogP contribution in [0.1, 0.15) is 21.5 Å². The highest BCUT2D eigenvalue weighted by molar-refractivity contribution is 6.36. The molecular weight excluding hydrogens is 419 g/mol. The van der Waals surface area contributed by atoms with E-state index in [1.807, 2.05) is 12.1 Å². The van der Waals surface area contributed by atoms with E-state index in [2.05, 4.69) is 10.5 Å². The first-order valence-electron chi connectivity index (χ1n) is 8.27. The van der Waals surface area contributed by atoms with Crippen molar-refractivity contribution in [1.82, 2.24) is 5.43 Å². The van der Waals surface area contributed by atoms with Crippen LogP contribution in [0.2, 0.25) is 15.1 Å². The van der Waals surface area contributed by atoms with Gasteiger partial charge in [-0.1, -0.05) is 65.1 Å². The van der Waals surface area contributed by atoms with Gasteiger partial charge < -0.3 is 4.74 Å². The summed E-state index contributed by atoms with van der Waals surface area (Å²) in [7, 11) is 0. The molecule has 0 saturated heterocycles. The molecule has 142 valence electrons. The number of rotatable bonds is 6. The molecule has 4 nitrogen and oxygen atoms in total. The summed E-state index contributed by atoms with van der Waals surface area (Å²) >= 11 is 17.8. The Kier molecular flexibility index (Phi) is 6.93. The molecule has 0 atom stereocenters. The van der Waals surface area contributed by atoms with E-state index in [9.17, 15) is 4.79 Å². The molecule has 1 amide bonds. The fourth-order valence-electron chi connectivity index (χ4n) is 2.35. The van der Waals surface area contributed by atoms with Crippen molar-refractivity contribution < 1.29 is 9.53 Å². The molecule has 7 heteroatoms. The zero-order valence-electron chi connectivity index (χ0n) is 14.5. The molecule has 0 aliphatic rings. The predicted octanol–water partition coefficient (Wildman–Crippen LogP) is 5.99. The molecule has 0 aliphatic carbocycles. The van der Waals surface area contributed by atoms with Crippen LogP contribution >= 0.6 is 34.8 Å².